The second-order valence-electron chi connectivity index (χ2n) is 6.81. The van der Waals surface area contributed by atoms with Crippen molar-refractivity contribution in [1.29, 1.82) is 0 Å². The maximum Gasteiger partial charge on any atom is 0.290 e. The zero-order valence-corrected chi connectivity index (χ0v) is 16.8. The lowest BCUT2D eigenvalue weighted by Crippen LogP contribution is -2.32. The summed E-state index contributed by atoms with van der Waals surface area (Å²) >= 11 is 1.25. The van der Waals surface area contributed by atoms with Gasteiger partial charge in [-0.3, -0.25) is 9.59 Å². The number of furan rings is 1. The van der Waals surface area contributed by atoms with Crippen LogP contribution in [-0.4, -0.2) is 42.8 Å². The monoisotopic (exact) mass is 412 g/mol. The van der Waals surface area contributed by atoms with Gasteiger partial charge in [-0.1, -0.05) is 0 Å². The minimum absolute atomic E-state index is 0.0410. The number of imidazole rings is 1. The van der Waals surface area contributed by atoms with Crippen LogP contribution >= 0.6 is 11.3 Å². The molecule has 1 aliphatic heterocycles. The van der Waals surface area contributed by atoms with E-state index in [4.69, 9.17) is 4.42 Å². The molecule has 29 heavy (non-hydrogen) atoms. The van der Waals surface area contributed by atoms with Gasteiger partial charge >= 0.3 is 0 Å². The summed E-state index contributed by atoms with van der Waals surface area (Å²) in [5.41, 5.74) is 0.626. The highest BCUT2D eigenvalue weighted by Crippen LogP contribution is 2.40. The van der Waals surface area contributed by atoms with Crippen molar-refractivity contribution in [2.24, 2.45) is 0 Å². The molecule has 1 unspecified atom stereocenters. The van der Waals surface area contributed by atoms with Crippen molar-refractivity contribution in [3.63, 3.8) is 0 Å². The number of thiazole rings is 1. The second-order valence-corrected chi connectivity index (χ2v) is 8.01. The average molecular weight is 412 g/mol. The SMILES string of the molecule is Cc1nc(C)c(C(=O)C2=C(O)C(=O)N(CCCn3ccnc3)C2c2ccco2)s1. The van der Waals surface area contributed by atoms with E-state index in [1.807, 2.05) is 17.7 Å². The van der Waals surface area contributed by atoms with E-state index in [0.717, 1.165) is 5.01 Å². The Hall–Kier alpha value is -3.20. The minimum Gasteiger partial charge on any atom is -0.503 e. The fraction of sp³-hybridized carbons (Fsp3) is 0.300. The highest BCUT2D eigenvalue weighted by atomic mass is 32.1. The van der Waals surface area contributed by atoms with Crippen molar-refractivity contribution >= 4 is 23.0 Å². The van der Waals surface area contributed by atoms with Crippen LogP contribution in [0.25, 0.3) is 0 Å². The minimum atomic E-state index is -0.769. The Morgan fingerprint density at radius 2 is 2.17 bits per heavy atom. The van der Waals surface area contributed by atoms with Crippen LogP contribution in [0.4, 0.5) is 0 Å². The molecule has 1 N–H and O–H groups in total. The van der Waals surface area contributed by atoms with Gasteiger partial charge in [0, 0.05) is 25.5 Å². The first-order valence-corrected chi connectivity index (χ1v) is 10.0. The molecule has 1 aliphatic rings. The quantitative estimate of drug-likeness (QED) is 0.598. The van der Waals surface area contributed by atoms with Crippen molar-refractivity contribution in [1.82, 2.24) is 19.4 Å². The predicted molar refractivity (Wildman–Crippen MR) is 106 cm³/mol. The van der Waals surface area contributed by atoms with E-state index in [1.54, 1.807) is 31.6 Å². The summed E-state index contributed by atoms with van der Waals surface area (Å²) in [7, 11) is 0. The van der Waals surface area contributed by atoms with E-state index in [2.05, 4.69) is 9.97 Å². The fourth-order valence-electron chi connectivity index (χ4n) is 3.57. The van der Waals surface area contributed by atoms with Crippen molar-refractivity contribution in [3.05, 3.63) is 69.8 Å². The Morgan fingerprint density at radius 1 is 1.34 bits per heavy atom. The molecular formula is C20H20N4O4S. The molecule has 9 heteroatoms. The van der Waals surface area contributed by atoms with Crippen LogP contribution in [0.5, 0.6) is 0 Å². The molecule has 4 heterocycles. The number of rotatable bonds is 7. The zero-order valence-electron chi connectivity index (χ0n) is 16.0. The van der Waals surface area contributed by atoms with Crippen LogP contribution in [0, 0.1) is 13.8 Å². The number of carbonyl (C=O) groups is 2. The van der Waals surface area contributed by atoms with Gasteiger partial charge in [0.2, 0.25) is 5.78 Å². The highest BCUT2D eigenvalue weighted by molar-refractivity contribution is 7.14. The van der Waals surface area contributed by atoms with Gasteiger partial charge in [0.1, 0.15) is 11.8 Å². The number of hydrogen-bond acceptors (Lipinski definition) is 7. The van der Waals surface area contributed by atoms with E-state index in [0.29, 0.717) is 35.8 Å². The molecule has 0 saturated heterocycles. The zero-order chi connectivity index (χ0) is 20.5. The molecule has 0 saturated carbocycles. The average Bonchev–Trinajstić information content (AvgIpc) is 3.47. The molecule has 0 aliphatic carbocycles. The maximum absolute atomic E-state index is 13.3. The van der Waals surface area contributed by atoms with Crippen LogP contribution in [0.1, 0.15) is 38.6 Å². The number of aromatic nitrogens is 3. The predicted octanol–water partition coefficient (Wildman–Crippen LogP) is 3.22. The molecule has 8 nitrogen and oxygen atoms in total. The highest BCUT2D eigenvalue weighted by Gasteiger charge is 2.45. The van der Waals surface area contributed by atoms with Crippen molar-refractivity contribution in [3.8, 4) is 0 Å². The molecule has 1 amide bonds. The standard InChI is InChI=1S/C20H20N4O4S/c1-12-19(29-13(2)22-12)17(25)15-16(14-5-3-10-28-14)24(20(27)18(15)26)8-4-7-23-9-6-21-11-23/h3,5-6,9-11,16,26H,4,7-8H2,1-2H3. The van der Waals surface area contributed by atoms with Gasteiger partial charge in [0.15, 0.2) is 5.76 Å². The number of Topliss-reactive ketones (excluding diaryl/α,β-unsaturated/α-hetero) is 1. The normalized spacial score (nSPS) is 16.8. The Bertz CT molecular complexity index is 1070. The topological polar surface area (TPSA) is 101 Å². The molecule has 0 fully saturated rings. The third-order valence-electron chi connectivity index (χ3n) is 4.85. The van der Waals surface area contributed by atoms with Gasteiger partial charge in [0.25, 0.3) is 5.91 Å². The summed E-state index contributed by atoms with van der Waals surface area (Å²) in [4.78, 5) is 36.3. The summed E-state index contributed by atoms with van der Waals surface area (Å²) in [5.74, 6) is -1.05. The van der Waals surface area contributed by atoms with Crippen LogP contribution in [0.2, 0.25) is 0 Å². The van der Waals surface area contributed by atoms with E-state index < -0.39 is 23.5 Å². The van der Waals surface area contributed by atoms with Crippen LogP contribution in [0.3, 0.4) is 0 Å². The molecular weight excluding hydrogens is 392 g/mol. The first kappa shape index (κ1) is 19.1. The Morgan fingerprint density at radius 3 is 2.79 bits per heavy atom. The molecule has 1 atom stereocenters. The molecule has 150 valence electrons. The van der Waals surface area contributed by atoms with Crippen LogP contribution in [0.15, 0.2) is 52.9 Å². The Kier molecular flexibility index (Phi) is 5.06. The largest absolute Gasteiger partial charge is 0.503 e. The van der Waals surface area contributed by atoms with Gasteiger partial charge < -0.3 is 19.0 Å². The number of amides is 1. The Labute approximate surface area is 171 Å². The van der Waals surface area contributed by atoms with Gasteiger partial charge in [-0.25, -0.2) is 9.97 Å². The molecule has 3 aromatic heterocycles. The van der Waals surface area contributed by atoms with Gasteiger partial charge in [-0.15, -0.1) is 11.3 Å². The lowest BCUT2D eigenvalue weighted by Gasteiger charge is -2.24. The van der Waals surface area contributed by atoms with Crippen molar-refractivity contribution in [2.45, 2.75) is 32.9 Å². The van der Waals surface area contributed by atoms with E-state index in [-0.39, 0.29) is 5.57 Å². The smallest absolute Gasteiger partial charge is 0.290 e. The first-order chi connectivity index (χ1) is 14.0. The molecule has 4 rings (SSSR count). The number of hydrogen-bond donors (Lipinski definition) is 1. The van der Waals surface area contributed by atoms with Gasteiger partial charge in [-0.2, -0.15) is 0 Å². The molecule has 0 spiro atoms. The van der Waals surface area contributed by atoms with E-state index in [1.165, 1.54) is 22.5 Å². The summed E-state index contributed by atoms with van der Waals surface area (Å²) in [5, 5.41) is 11.4. The van der Waals surface area contributed by atoms with Crippen molar-refractivity contribution in [2.75, 3.05) is 6.54 Å². The van der Waals surface area contributed by atoms with Crippen LogP contribution < -0.4 is 0 Å². The second kappa shape index (κ2) is 7.67. The number of aryl methyl sites for hydroxylation is 3. The molecule has 3 aromatic rings. The lowest BCUT2D eigenvalue weighted by molar-refractivity contribution is -0.129. The molecule has 0 radical (unpaired) electrons. The summed E-state index contributed by atoms with van der Waals surface area (Å²) < 4.78 is 7.44. The number of nitrogens with zero attached hydrogens (tertiary/aromatic N) is 4. The maximum atomic E-state index is 13.3. The van der Waals surface area contributed by atoms with E-state index in [9.17, 15) is 14.7 Å². The first-order valence-electron chi connectivity index (χ1n) is 9.19. The summed E-state index contributed by atoms with van der Waals surface area (Å²) in [6.45, 7) is 4.57. The number of aliphatic hydroxyl groups excluding tert-OH is 1. The third-order valence-corrected chi connectivity index (χ3v) is 5.92. The molecule has 0 aromatic carbocycles. The third kappa shape index (κ3) is 3.49. The molecule has 0 bridgehead atoms. The number of aliphatic hydroxyl groups is 1. The Balaban J connectivity index is 1.65. The van der Waals surface area contributed by atoms with Crippen LogP contribution in [-0.2, 0) is 11.3 Å². The summed E-state index contributed by atoms with van der Waals surface area (Å²) in [6.07, 6.45) is 7.36. The fourth-order valence-corrected chi connectivity index (χ4v) is 4.44. The van der Waals surface area contributed by atoms with Gasteiger partial charge in [0.05, 0.1) is 33.7 Å². The lowest BCUT2D eigenvalue weighted by atomic mass is 9.99. The number of carbonyl (C=O) groups excluding carboxylic acids is 2. The van der Waals surface area contributed by atoms with E-state index >= 15 is 0 Å². The number of ketones is 1. The van der Waals surface area contributed by atoms with Crippen molar-refractivity contribution < 1.29 is 19.1 Å². The summed E-state index contributed by atoms with van der Waals surface area (Å²) in [6, 6.07) is 2.63. The van der Waals surface area contributed by atoms with Gasteiger partial charge in [-0.05, 0) is 32.4 Å².